The predicted molar refractivity (Wildman–Crippen MR) is 131 cm³/mol. The van der Waals surface area contributed by atoms with Crippen LogP contribution in [0.15, 0.2) is 64.5 Å². The summed E-state index contributed by atoms with van der Waals surface area (Å²) in [6, 6.07) is 16.1. The highest BCUT2D eigenvalue weighted by molar-refractivity contribution is 7.90. The van der Waals surface area contributed by atoms with Gasteiger partial charge in [-0.2, -0.15) is 4.99 Å². The summed E-state index contributed by atoms with van der Waals surface area (Å²) in [6.45, 7) is 2.79. The van der Waals surface area contributed by atoms with E-state index in [0.29, 0.717) is 29.2 Å². The lowest BCUT2D eigenvalue weighted by Gasteiger charge is -2.14. The van der Waals surface area contributed by atoms with Crippen LogP contribution < -0.4 is 21.5 Å². The minimum Gasteiger partial charge on any atom is -0.454 e. The van der Waals surface area contributed by atoms with E-state index in [9.17, 15) is 13.2 Å². The number of nitrogens with one attached hydrogen (secondary N) is 1. The zero-order chi connectivity index (χ0) is 24.5. The number of sulfone groups is 1. The number of halogens is 1. The molecule has 0 saturated carbocycles. The van der Waals surface area contributed by atoms with Crippen molar-refractivity contribution in [3.63, 3.8) is 0 Å². The Kier molecular flexibility index (Phi) is 6.60. The number of hydrogen-bond acceptors (Lipinski definition) is 5. The smallest absolute Gasteiger partial charge is 0.280 e. The molecule has 1 amide bonds. The minimum absolute atomic E-state index is 0.0414. The molecule has 1 heterocycles. The quantitative estimate of drug-likeness (QED) is 0.362. The van der Waals surface area contributed by atoms with Gasteiger partial charge in [-0.3, -0.25) is 4.79 Å². The van der Waals surface area contributed by atoms with Gasteiger partial charge in [0.1, 0.15) is 16.4 Å². The number of nitrogens with zero attached hydrogens (tertiary/aromatic N) is 1. The van der Waals surface area contributed by atoms with Crippen LogP contribution in [0.25, 0.3) is 0 Å². The first kappa shape index (κ1) is 23.7. The van der Waals surface area contributed by atoms with Crippen LogP contribution in [0.1, 0.15) is 32.6 Å². The van der Waals surface area contributed by atoms with E-state index in [4.69, 9.17) is 27.8 Å². The Balaban J connectivity index is 1.66. The molecule has 1 aliphatic heterocycles. The van der Waals surface area contributed by atoms with Gasteiger partial charge in [0, 0.05) is 24.2 Å². The van der Waals surface area contributed by atoms with Gasteiger partial charge in [0.25, 0.3) is 5.91 Å². The molecule has 3 aromatic carbocycles. The van der Waals surface area contributed by atoms with Gasteiger partial charge in [0.15, 0.2) is 15.8 Å². The summed E-state index contributed by atoms with van der Waals surface area (Å²) in [5.74, 6) is -1.09. The first-order chi connectivity index (χ1) is 16.1. The van der Waals surface area contributed by atoms with Crippen LogP contribution in [-0.2, 0) is 28.7 Å². The van der Waals surface area contributed by atoms with Crippen LogP contribution in [0.5, 0.6) is 11.5 Å². The van der Waals surface area contributed by atoms with Crippen molar-refractivity contribution >= 4 is 33.3 Å². The average Bonchev–Trinajstić information content (AvgIpc) is 2.88. The van der Waals surface area contributed by atoms with Crippen LogP contribution in [0, 0.1) is 6.92 Å². The number of aliphatic imine (C=N–C) groups is 1. The molecule has 1 aliphatic rings. The van der Waals surface area contributed by atoms with Crippen molar-refractivity contribution in [3.8, 4) is 11.5 Å². The van der Waals surface area contributed by atoms with Crippen molar-refractivity contribution < 1.29 is 17.9 Å². The molecule has 0 radical (unpaired) electrons. The maximum absolute atomic E-state index is 13.3. The highest BCUT2D eigenvalue weighted by Crippen LogP contribution is 2.44. The Labute approximate surface area is 202 Å². The number of fused-ring (bicyclic) bond motifs is 2. The fraction of sp³-hybridized carbons (Fsp3) is 0.167. The maximum atomic E-state index is 13.3. The number of aryl methyl sites for hydroxylation is 1. The molecule has 0 aliphatic carbocycles. The van der Waals surface area contributed by atoms with Gasteiger partial charge in [0.2, 0.25) is 0 Å². The van der Waals surface area contributed by atoms with Crippen LogP contribution in [0.2, 0.25) is 5.02 Å². The number of amides is 1. The lowest BCUT2D eigenvalue weighted by atomic mass is 10.1. The van der Waals surface area contributed by atoms with E-state index in [1.165, 1.54) is 12.1 Å². The zero-order valence-corrected chi connectivity index (χ0v) is 19.9. The molecule has 0 spiro atoms. The second-order valence-corrected chi connectivity index (χ2v) is 10.3. The third kappa shape index (κ3) is 5.06. The molecule has 5 N–H and O–H groups in total. The molecule has 4 rings (SSSR count). The normalized spacial score (nSPS) is 13.7. The summed E-state index contributed by atoms with van der Waals surface area (Å²) in [5.41, 5.74) is 13.4. The molecule has 0 fully saturated rings. The van der Waals surface area contributed by atoms with E-state index in [0.717, 1.165) is 11.1 Å². The molecule has 0 atom stereocenters. The Morgan fingerprint density at radius 2 is 1.76 bits per heavy atom. The van der Waals surface area contributed by atoms with E-state index in [1.54, 1.807) is 19.1 Å². The molecule has 0 unspecified atom stereocenters. The SMILES string of the molecule is Cc1cc(C(=O)N=C(N)N)cc2c1Oc1c(Cl)cc(CNCc3ccccc3)cc1CS2(=O)=O. The fourth-order valence-electron chi connectivity index (χ4n) is 3.78. The van der Waals surface area contributed by atoms with E-state index in [1.807, 2.05) is 30.3 Å². The molecule has 34 heavy (non-hydrogen) atoms. The molecule has 0 aromatic heterocycles. The number of guanidine groups is 1. The number of hydrogen-bond donors (Lipinski definition) is 3. The number of carbonyl (C=O) groups is 1. The maximum Gasteiger partial charge on any atom is 0.280 e. The van der Waals surface area contributed by atoms with E-state index < -0.39 is 21.7 Å². The summed E-state index contributed by atoms with van der Waals surface area (Å²) >= 11 is 6.52. The third-order valence-corrected chi connectivity index (χ3v) is 7.23. The highest BCUT2D eigenvalue weighted by Gasteiger charge is 2.31. The van der Waals surface area contributed by atoms with Gasteiger partial charge in [0.05, 0.1) is 10.8 Å². The average molecular weight is 499 g/mol. The number of carbonyl (C=O) groups excluding carboxylic acids is 1. The van der Waals surface area contributed by atoms with Crippen LogP contribution in [-0.4, -0.2) is 20.3 Å². The summed E-state index contributed by atoms with van der Waals surface area (Å²) in [4.78, 5) is 15.7. The van der Waals surface area contributed by atoms with E-state index in [2.05, 4.69) is 10.3 Å². The van der Waals surface area contributed by atoms with Crippen molar-refractivity contribution in [2.45, 2.75) is 30.7 Å². The molecule has 0 bridgehead atoms. The van der Waals surface area contributed by atoms with Crippen molar-refractivity contribution in [1.29, 1.82) is 0 Å². The van der Waals surface area contributed by atoms with Gasteiger partial charge < -0.3 is 21.5 Å². The van der Waals surface area contributed by atoms with Crippen molar-refractivity contribution in [3.05, 3.63) is 87.4 Å². The highest BCUT2D eigenvalue weighted by atomic mass is 35.5. The monoisotopic (exact) mass is 498 g/mol. The summed E-state index contributed by atoms with van der Waals surface area (Å²) in [6.07, 6.45) is 0. The summed E-state index contributed by atoms with van der Waals surface area (Å²) in [7, 11) is -3.86. The van der Waals surface area contributed by atoms with E-state index in [-0.39, 0.29) is 27.7 Å². The molecule has 0 saturated heterocycles. The Bertz CT molecular complexity index is 1400. The van der Waals surface area contributed by atoms with Crippen LogP contribution in [0.3, 0.4) is 0 Å². The second-order valence-electron chi connectivity index (χ2n) is 7.98. The zero-order valence-electron chi connectivity index (χ0n) is 18.3. The van der Waals surface area contributed by atoms with Gasteiger partial charge >= 0.3 is 0 Å². The fourth-order valence-corrected chi connectivity index (χ4v) is 5.65. The first-order valence-corrected chi connectivity index (χ1v) is 12.4. The van der Waals surface area contributed by atoms with Gasteiger partial charge in [-0.1, -0.05) is 41.9 Å². The number of benzene rings is 3. The Morgan fingerprint density at radius 3 is 2.47 bits per heavy atom. The first-order valence-electron chi connectivity index (χ1n) is 10.4. The van der Waals surface area contributed by atoms with Crippen molar-refractivity contribution in [2.24, 2.45) is 16.5 Å². The van der Waals surface area contributed by atoms with Crippen LogP contribution in [0.4, 0.5) is 0 Å². The second kappa shape index (κ2) is 9.46. The van der Waals surface area contributed by atoms with Gasteiger partial charge in [-0.25, -0.2) is 8.42 Å². The minimum atomic E-state index is -3.86. The molecular formula is C24H23ClN4O4S. The van der Waals surface area contributed by atoms with Crippen molar-refractivity contribution in [1.82, 2.24) is 5.32 Å². The third-order valence-electron chi connectivity index (χ3n) is 5.28. The van der Waals surface area contributed by atoms with Gasteiger partial charge in [-0.05, 0) is 47.9 Å². The lowest BCUT2D eigenvalue weighted by molar-refractivity contribution is 0.100. The molecule has 8 nitrogen and oxygen atoms in total. The summed E-state index contributed by atoms with van der Waals surface area (Å²) < 4.78 is 32.6. The number of nitrogens with two attached hydrogens (primary N) is 2. The van der Waals surface area contributed by atoms with E-state index >= 15 is 0 Å². The topological polar surface area (TPSA) is 137 Å². The number of rotatable bonds is 5. The van der Waals surface area contributed by atoms with Gasteiger partial charge in [-0.15, -0.1) is 0 Å². The summed E-state index contributed by atoms with van der Waals surface area (Å²) in [5, 5.41) is 3.63. The van der Waals surface area contributed by atoms with Crippen molar-refractivity contribution in [2.75, 3.05) is 0 Å². The standard InChI is InChI=1S/C24H23ClN4O4S/c1-14-7-17(23(30)29-24(26)27)10-20-21(14)33-22-18(13-34(20,31)32)8-16(9-19(22)25)12-28-11-15-5-3-2-4-6-15/h2-10,28H,11-13H2,1H3,(H4,26,27,29,30). The largest absolute Gasteiger partial charge is 0.454 e. The van der Waals surface area contributed by atoms with Crippen LogP contribution >= 0.6 is 11.6 Å². The predicted octanol–water partition coefficient (Wildman–Crippen LogP) is 3.43. The lowest BCUT2D eigenvalue weighted by Crippen LogP contribution is -2.24. The number of ether oxygens (including phenoxy) is 1. The molecular weight excluding hydrogens is 476 g/mol. The molecule has 10 heteroatoms. The Morgan fingerprint density at radius 1 is 1.06 bits per heavy atom. The Hall–Kier alpha value is -3.40. The molecule has 176 valence electrons. The molecule has 3 aromatic rings.